The fourth-order valence-electron chi connectivity index (χ4n) is 1.07. The zero-order valence-corrected chi connectivity index (χ0v) is 9.63. The maximum atomic E-state index is 11.4. The van der Waals surface area contributed by atoms with Crippen molar-refractivity contribution in [2.24, 2.45) is 5.41 Å². The molecule has 0 saturated carbocycles. The first-order valence-electron chi connectivity index (χ1n) is 5.05. The van der Waals surface area contributed by atoms with Crippen LogP contribution in [0.15, 0.2) is 0 Å². The van der Waals surface area contributed by atoms with Crippen molar-refractivity contribution in [1.82, 2.24) is 0 Å². The van der Waals surface area contributed by atoms with Crippen molar-refractivity contribution in [3.8, 4) is 0 Å². The van der Waals surface area contributed by atoms with Gasteiger partial charge >= 0.3 is 0 Å². The lowest BCUT2D eigenvalue weighted by Crippen LogP contribution is -2.40. The summed E-state index contributed by atoms with van der Waals surface area (Å²) in [7, 11) is 0. The van der Waals surface area contributed by atoms with Crippen molar-refractivity contribution in [2.75, 3.05) is 6.61 Å². The predicted molar refractivity (Wildman–Crippen MR) is 56.0 cm³/mol. The van der Waals surface area contributed by atoms with Crippen LogP contribution in [0.5, 0.6) is 0 Å². The molecule has 0 fully saturated rings. The number of Topliss-reactive ketones (excluding diaryl/α,β-unsaturated/α-hetero) is 1. The van der Waals surface area contributed by atoms with Crippen molar-refractivity contribution >= 4 is 5.78 Å². The second kappa shape index (κ2) is 4.89. The van der Waals surface area contributed by atoms with Crippen LogP contribution < -0.4 is 0 Å². The molecule has 0 spiro atoms. The largest absolute Gasteiger partial charge is 0.396 e. The second-order valence-corrected chi connectivity index (χ2v) is 4.99. The average molecular weight is 202 g/mol. The van der Waals surface area contributed by atoms with E-state index in [1.165, 1.54) is 0 Å². The molecule has 0 heterocycles. The smallest absolute Gasteiger partial charge is 0.133 e. The summed E-state index contributed by atoms with van der Waals surface area (Å²) in [5, 5.41) is 18.4. The highest BCUT2D eigenvalue weighted by atomic mass is 16.3. The van der Waals surface area contributed by atoms with E-state index in [9.17, 15) is 9.90 Å². The van der Waals surface area contributed by atoms with Gasteiger partial charge in [0, 0.05) is 19.4 Å². The summed E-state index contributed by atoms with van der Waals surface area (Å²) >= 11 is 0. The van der Waals surface area contributed by atoms with Crippen LogP contribution in [0.25, 0.3) is 0 Å². The normalized spacial score (nSPS) is 13.0. The molecule has 0 rings (SSSR count). The predicted octanol–water partition coefficient (Wildman–Crippen LogP) is 1.52. The highest BCUT2D eigenvalue weighted by Gasteiger charge is 2.36. The van der Waals surface area contributed by atoms with Crippen molar-refractivity contribution < 1.29 is 15.0 Å². The summed E-state index contributed by atoms with van der Waals surface area (Å²) in [5.74, 6) is 0.103. The van der Waals surface area contributed by atoms with Crippen LogP contribution in [-0.2, 0) is 4.79 Å². The van der Waals surface area contributed by atoms with Crippen LogP contribution >= 0.6 is 0 Å². The molecule has 14 heavy (non-hydrogen) atoms. The third-order valence-corrected chi connectivity index (χ3v) is 2.91. The Morgan fingerprint density at radius 2 is 1.71 bits per heavy atom. The molecule has 0 aromatic carbocycles. The molecule has 0 aromatic heterocycles. The van der Waals surface area contributed by atoms with Gasteiger partial charge in [0.15, 0.2) is 0 Å². The van der Waals surface area contributed by atoms with E-state index >= 15 is 0 Å². The Kier molecular flexibility index (Phi) is 4.75. The van der Waals surface area contributed by atoms with Gasteiger partial charge in [-0.1, -0.05) is 13.8 Å². The van der Waals surface area contributed by atoms with Crippen LogP contribution in [0.2, 0.25) is 0 Å². The number of rotatable bonds is 6. The highest BCUT2D eigenvalue weighted by Crippen LogP contribution is 2.34. The first-order chi connectivity index (χ1) is 6.20. The molecular formula is C11H22O3. The Morgan fingerprint density at radius 3 is 2.07 bits per heavy atom. The fourth-order valence-corrected chi connectivity index (χ4v) is 1.07. The van der Waals surface area contributed by atoms with E-state index in [0.717, 1.165) is 0 Å². The molecule has 2 N–H and O–H groups in total. The first kappa shape index (κ1) is 13.6. The number of hydrogen-bond acceptors (Lipinski definition) is 3. The number of aliphatic hydroxyl groups is 2. The van der Waals surface area contributed by atoms with Crippen LogP contribution in [0, 0.1) is 5.41 Å². The summed E-state index contributed by atoms with van der Waals surface area (Å²) in [6.45, 7) is 7.24. The van der Waals surface area contributed by atoms with E-state index in [1.807, 2.05) is 13.8 Å². The number of carbonyl (C=O) groups excluding carboxylic acids is 1. The molecule has 0 aliphatic rings. The quantitative estimate of drug-likeness (QED) is 0.686. The minimum atomic E-state index is -0.859. The summed E-state index contributed by atoms with van der Waals surface area (Å²) in [6.07, 6.45) is 1.27. The monoisotopic (exact) mass is 202 g/mol. The topological polar surface area (TPSA) is 57.5 Å². The summed E-state index contributed by atoms with van der Waals surface area (Å²) in [6, 6.07) is 0. The molecule has 0 saturated heterocycles. The number of hydrogen-bond donors (Lipinski definition) is 2. The standard InChI is InChI=1S/C11H22O3/c1-10(2,11(3,4)14)8-9(13)6-5-7-12/h12,14H,5-8H2,1-4H3. The van der Waals surface area contributed by atoms with Crippen LogP contribution in [0.3, 0.4) is 0 Å². The minimum Gasteiger partial charge on any atom is -0.396 e. The van der Waals surface area contributed by atoms with E-state index in [-0.39, 0.29) is 12.4 Å². The zero-order valence-electron chi connectivity index (χ0n) is 9.63. The summed E-state index contributed by atoms with van der Waals surface area (Å²) < 4.78 is 0. The first-order valence-corrected chi connectivity index (χ1v) is 5.05. The lowest BCUT2D eigenvalue weighted by atomic mass is 9.73. The molecule has 0 unspecified atom stereocenters. The second-order valence-electron chi connectivity index (χ2n) is 4.99. The van der Waals surface area contributed by atoms with Crippen molar-refractivity contribution in [3.05, 3.63) is 0 Å². The van der Waals surface area contributed by atoms with Crippen LogP contribution in [0.1, 0.15) is 47.0 Å². The maximum absolute atomic E-state index is 11.4. The Bertz CT molecular complexity index is 189. The van der Waals surface area contributed by atoms with Gasteiger partial charge in [-0.05, 0) is 25.7 Å². The lowest BCUT2D eigenvalue weighted by Gasteiger charge is -2.36. The maximum Gasteiger partial charge on any atom is 0.133 e. The van der Waals surface area contributed by atoms with E-state index < -0.39 is 11.0 Å². The molecule has 0 bridgehead atoms. The fraction of sp³-hybridized carbons (Fsp3) is 0.909. The SMILES string of the molecule is CC(C)(O)C(C)(C)CC(=O)CCCO. The van der Waals surface area contributed by atoms with Crippen molar-refractivity contribution in [3.63, 3.8) is 0 Å². The lowest BCUT2D eigenvalue weighted by molar-refractivity contribution is -0.126. The molecule has 3 nitrogen and oxygen atoms in total. The zero-order chi connectivity index (χ0) is 11.4. The highest BCUT2D eigenvalue weighted by molar-refractivity contribution is 5.79. The molecule has 0 aliphatic heterocycles. The van der Waals surface area contributed by atoms with Gasteiger partial charge in [0.25, 0.3) is 0 Å². The molecule has 0 atom stereocenters. The Hall–Kier alpha value is -0.410. The third-order valence-electron chi connectivity index (χ3n) is 2.91. The Balaban J connectivity index is 4.16. The van der Waals surface area contributed by atoms with Gasteiger partial charge in [-0.2, -0.15) is 0 Å². The Morgan fingerprint density at radius 1 is 1.21 bits per heavy atom. The van der Waals surface area contributed by atoms with E-state index in [1.54, 1.807) is 13.8 Å². The molecular weight excluding hydrogens is 180 g/mol. The molecule has 0 aliphatic carbocycles. The van der Waals surface area contributed by atoms with Gasteiger partial charge in [0.1, 0.15) is 5.78 Å². The van der Waals surface area contributed by atoms with Crippen molar-refractivity contribution in [2.45, 2.75) is 52.6 Å². The third kappa shape index (κ3) is 4.20. The van der Waals surface area contributed by atoms with Crippen LogP contribution in [0.4, 0.5) is 0 Å². The summed E-state index contributed by atoms with van der Waals surface area (Å²) in [4.78, 5) is 11.4. The Labute approximate surface area is 86.1 Å². The molecule has 0 radical (unpaired) electrons. The molecule has 3 heteroatoms. The minimum absolute atomic E-state index is 0.0503. The number of aliphatic hydroxyl groups excluding tert-OH is 1. The van der Waals surface area contributed by atoms with Gasteiger partial charge in [-0.25, -0.2) is 0 Å². The van der Waals surface area contributed by atoms with Gasteiger partial charge in [0.05, 0.1) is 5.60 Å². The van der Waals surface area contributed by atoms with Gasteiger partial charge in [-0.3, -0.25) is 4.79 Å². The summed E-state index contributed by atoms with van der Waals surface area (Å²) in [5.41, 5.74) is -1.28. The van der Waals surface area contributed by atoms with Crippen molar-refractivity contribution in [1.29, 1.82) is 0 Å². The van der Waals surface area contributed by atoms with Gasteiger partial charge in [-0.15, -0.1) is 0 Å². The van der Waals surface area contributed by atoms with Crippen LogP contribution in [-0.4, -0.2) is 28.2 Å². The molecule has 0 aromatic rings. The van der Waals surface area contributed by atoms with E-state index in [0.29, 0.717) is 19.3 Å². The van der Waals surface area contributed by atoms with Gasteiger partial charge < -0.3 is 10.2 Å². The molecule has 0 amide bonds. The van der Waals surface area contributed by atoms with Gasteiger partial charge in [0.2, 0.25) is 0 Å². The molecule has 84 valence electrons. The average Bonchev–Trinajstić information content (AvgIpc) is 1.97. The van der Waals surface area contributed by atoms with E-state index in [4.69, 9.17) is 5.11 Å². The number of carbonyl (C=O) groups is 1. The van der Waals surface area contributed by atoms with E-state index in [2.05, 4.69) is 0 Å². The number of ketones is 1.